The fourth-order valence-electron chi connectivity index (χ4n) is 6.77. The van der Waals surface area contributed by atoms with Gasteiger partial charge in [-0.05, 0) is 96.0 Å². The molecule has 0 bridgehead atoms. The van der Waals surface area contributed by atoms with E-state index in [2.05, 4.69) is 150 Å². The number of aromatic nitrogens is 2. The predicted octanol–water partition coefficient (Wildman–Crippen LogP) is 11.9. The second kappa shape index (κ2) is 11.2. The van der Waals surface area contributed by atoms with Crippen LogP contribution >= 0.6 is 0 Å². The summed E-state index contributed by atoms with van der Waals surface area (Å²) in [7, 11) is 0. The van der Waals surface area contributed by atoms with Gasteiger partial charge in [-0.2, -0.15) is 0 Å². The summed E-state index contributed by atoms with van der Waals surface area (Å²) in [6.07, 6.45) is 0. The first-order valence-electron chi connectivity index (χ1n) is 15.8. The molecule has 0 radical (unpaired) electrons. The fraction of sp³-hybridized carbons (Fsp3) is 0. The quantitative estimate of drug-likeness (QED) is 0.185. The van der Waals surface area contributed by atoms with Crippen molar-refractivity contribution in [3.05, 3.63) is 170 Å². The van der Waals surface area contributed by atoms with Crippen LogP contribution in [0, 0.1) is 0 Å². The van der Waals surface area contributed by atoms with Gasteiger partial charge < -0.3 is 4.42 Å². The van der Waals surface area contributed by atoms with Gasteiger partial charge >= 0.3 is 0 Å². The first-order valence-corrected chi connectivity index (χ1v) is 15.8. The third-order valence-electron chi connectivity index (χ3n) is 9.05. The van der Waals surface area contributed by atoms with Gasteiger partial charge in [-0.3, -0.25) is 0 Å². The van der Waals surface area contributed by atoms with E-state index in [0.717, 1.165) is 16.7 Å². The lowest BCUT2D eigenvalue weighted by atomic mass is 9.85. The van der Waals surface area contributed by atoms with Gasteiger partial charge in [0.05, 0.1) is 0 Å². The summed E-state index contributed by atoms with van der Waals surface area (Å²) in [6.45, 7) is 0. The predicted molar refractivity (Wildman–Crippen MR) is 194 cm³/mol. The summed E-state index contributed by atoms with van der Waals surface area (Å²) in [5, 5.41) is 16.0. The average Bonchev–Trinajstić information content (AvgIpc) is 3.65. The highest BCUT2D eigenvalue weighted by Crippen LogP contribution is 2.44. The minimum Gasteiger partial charge on any atom is -0.416 e. The number of rotatable bonds is 5. The maximum atomic E-state index is 6.04. The highest BCUT2D eigenvalue weighted by atomic mass is 16.4. The molecule has 0 fully saturated rings. The largest absolute Gasteiger partial charge is 0.416 e. The highest BCUT2D eigenvalue weighted by Gasteiger charge is 2.17. The van der Waals surface area contributed by atoms with Crippen molar-refractivity contribution in [1.29, 1.82) is 0 Å². The van der Waals surface area contributed by atoms with Crippen LogP contribution in [0.3, 0.4) is 0 Å². The van der Waals surface area contributed by atoms with Crippen LogP contribution in [0.25, 0.3) is 88.6 Å². The second-order valence-corrected chi connectivity index (χ2v) is 11.8. The van der Waals surface area contributed by atoms with E-state index in [9.17, 15) is 0 Å². The van der Waals surface area contributed by atoms with E-state index < -0.39 is 0 Å². The molecule has 0 spiro atoms. The zero-order chi connectivity index (χ0) is 31.2. The molecule has 0 aliphatic rings. The van der Waals surface area contributed by atoms with E-state index in [1.54, 1.807) is 0 Å². The van der Waals surface area contributed by atoms with Crippen molar-refractivity contribution in [1.82, 2.24) is 10.2 Å². The summed E-state index contributed by atoms with van der Waals surface area (Å²) in [4.78, 5) is 0. The van der Waals surface area contributed by atoms with Crippen molar-refractivity contribution in [2.24, 2.45) is 0 Å². The first kappa shape index (κ1) is 27.0. The number of benzene rings is 8. The van der Waals surface area contributed by atoms with Crippen LogP contribution in [0.1, 0.15) is 0 Å². The van der Waals surface area contributed by atoms with Crippen LogP contribution in [-0.4, -0.2) is 10.2 Å². The summed E-state index contributed by atoms with van der Waals surface area (Å²) >= 11 is 0. The minimum atomic E-state index is 0.507. The Labute approximate surface area is 272 Å². The smallest absolute Gasteiger partial charge is 0.248 e. The summed E-state index contributed by atoms with van der Waals surface area (Å²) in [6, 6.07) is 60.0. The standard InChI is InChI=1S/C44H28N2O/c1-2-11-33(12-3-1)43-45-46-44(47-43)34-25-23-32(24-26-34)42-39-16-8-6-14-37(39)41(38-15-7-9-17-40(38)42)31-21-18-30(19-22-31)36-27-20-29-10-4-5-13-35(29)28-36/h1-28H. The van der Waals surface area contributed by atoms with Crippen LogP contribution in [0.4, 0.5) is 0 Å². The van der Waals surface area contributed by atoms with Gasteiger partial charge in [0.25, 0.3) is 0 Å². The summed E-state index contributed by atoms with van der Waals surface area (Å²) < 4.78 is 6.04. The van der Waals surface area contributed by atoms with Gasteiger partial charge in [0.2, 0.25) is 11.8 Å². The Morgan fingerprint density at radius 3 is 1.26 bits per heavy atom. The van der Waals surface area contributed by atoms with E-state index in [1.807, 2.05) is 30.3 Å². The van der Waals surface area contributed by atoms with Crippen LogP contribution in [0.2, 0.25) is 0 Å². The molecule has 0 amide bonds. The van der Waals surface area contributed by atoms with E-state index in [4.69, 9.17) is 4.42 Å². The Bertz CT molecular complexity index is 2490. The maximum Gasteiger partial charge on any atom is 0.248 e. The van der Waals surface area contributed by atoms with Gasteiger partial charge in [0, 0.05) is 11.1 Å². The monoisotopic (exact) mass is 600 g/mol. The van der Waals surface area contributed by atoms with Crippen molar-refractivity contribution in [2.45, 2.75) is 0 Å². The van der Waals surface area contributed by atoms with Crippen LogP contribution < -0.4 is 0 Å². The molecule has 0 atom stereocenters. The van der Waals surface area contributed by atoms with Gasteiger partial charge in [-0.25, -0.2) is 0 Å². The molecule has 220 valence electrons. The molecule has 8 aromatic carbocycles. The Morgan fingerprint density at radius 2 is 0.702 bits per heavy atom. The Morgan fingerprint density at radius 1 is 0.298 bits per heavy atom. The molecule has 1 aromatic heterocycles. The topological polar surface area (TPSA) is 38.9 Å². The first-order chi connectivity index (χ1) is 23.3. The molecule has 0 saturated carbocycles. The molecule has 9 rings (SSSR count). The van der Waals surface area contributed by atoms with Gasteiger partial charge in [0.15, 0.2) is 0 Å². The minimum absolute atomic E-state index is 0.507. The van der Waals surface area contributed by atoms with Crippen LogP contribution in [-0.2, 0) is 0 Å². The maximum absolute atomic E-state index is 6.04. The summed E-state index contributed by atoms with van der Waals surface area (Å²) in [5.74, 6) is 1.02. The highest BCUT2D eigenvalue weighted by molar-refractivity contribution is 6.21. The average molecular weight is 601 g/mol. The molecule has 3 nitrogen and oxygen atoms in total. The van der Waals surface area contributed by atoms with E-state index in [-0.39, 0.29) is 0 Å². The third kappa shape index (κ3) is 4.77. The van der Waals surface area contributed by atoms with Crippen molar-refractivity contribution >= 4 is 32.3 Å². The van der Waals surface area contributed by atoms with E-state index >= 15 is 0 Å². The van der Waals surface area contributed by atoms with Crippen molar-refractivity contribution in [3.8, 4) is 56.3 Å². The zero-order valence-corrected chi connectivity index (χ0v) is 25.5. The molecule has 0 aliphatic heterocycles. The van der Waals surface area contributed by atoms with Gasteiger partial charge in [0.1, 0.15) is 0 Å². The van der Waals surface area contributed by atoms with E-state index in [1.165, 1.54) is 60.1 Å². The zero-order valence-electron chi connectivity index (χ0n) is 25.5. The van der Waals surface area contributed by atoms with Crippen molar-refractivity contribution < 1.29 is 4.42 Å². The lowest BCUT2D eigenvalue weighted by Gasteiger charge is -2.18. The number of nitrogens with zero attached hydrogens (tertiary/aromatic N) is 2. The molecule has 0 saturated heterocycles. The lowest BCUT2D eigenvalue weighted by Crippen LogP contribution is -1.91. The van der Waals surface area contributed by atoms with Crippen molar-refractivity contribution in [2.75, 3.05) is 0 Å². The molecule has 0 N–H and O–H groups in total. The fourth-order valence-corrected chi connectivity index (χ4v) is 6.77. The third-order valence-corrected chi connectivity index (χ3v) is 9.05. The Hall–Kier alpha value is -6.32. The Balaban J connectivity index is 1.13. The summed E-state index contributed by atoms with van der Waals surface area (Å²) in [5.41, 5.74) is 9.04. The lowest BCUT2D eigenvalue weighted by molar-refractivity contribution is 0.584. The molecule has 1 heterocycles. The van der Waals surface area contributed by atoms with Crippen molar-refractivity contribution in [3.63, 3.8) is 0 Å². The SMILES string of the molecule is c1ccc(-c2nnc(-c3ccc(-c4c5ccccc5c(-c5ccc(-c6ccc7ccccc7c6)cc5)c5ccccc45)cc3)o2)cc1. The molecule has 9 aromatic rings. The normalized spacial score (nSPS) is 11.4. The molecule has 3 heteroatoms. The van der Waals surface area contributed by atoms with Crippen LogP contribution in [0.15, 0.2) is 174 Å². The Kier molecular flexibility index (Phi) is 6.46. The number of fused-ring (bicyclic) bond motifs is 3. The van der Waals surface area contributed by atoms with Crippen LogP contribution in [0.5, 0.6) is 0 Å². The number of hydrogen-bond donors (Lipinski definition) is 0. The number of hydrogen-bond acceptors (Lipinski definition) is 3. The molecular weight excluding hydrogens is 572 g/mol. The van der Waals surface area contributed by atoms with Gasteiger partial charge in [-0.1, -0.05) is 140 Å². The van der Waals surface area contributed by atoms with E-state index in [0.29, 0.717) is 11.8 Å². The molecular formula is C44H28N2O. The van der Waals surface area contributed by atoms with Gasteiger partial charge in [-0.15, -0.1) is 10.2 Å². The molecule has 0 unspecified atom stereocenters. The molecule has 47 heavy (non-hydrogen) atoms. The second-order valence-electron chi connectivity index (χ2n) is 11.8. The molecule has 0 aliphatic carbocycles.